The highest BCUT2D eigenvalue weighted by Crippen LogP contribution is 2.39. The molecule has 0 spiro atoms. The van der Waals surface area contributed by atoms with Crippen molar-refractivity contribution in [1.82, 2.24) is 4.98 Å². The van der Waals surface area contributed by atoms with Crippen LogP contribution >= 0.6 is 11.3 Å². The highest BCUT2D eigenvalue weighted by atomic mass is 32.1. The van der Waals surface area contributed by atoms with Crippen LogP contribution in [-0.2, 0) is 12.6 Å². The van der Waals surface area contributed by atoms with Crippen LogP contribution in [0.5, 0.6) is 5.75 Å². The van der Waals surface area contributed by atoms with Gasteiger partial charge in [-0.25, -0.2) is 4.98 Å². The summed E-state index contributed by atoms with van der Waals surface area (Å²) < 4.78 is 78.9. The van der Waals surface area contributed by atoms with Gasteiger partial charge in [-0.05, 0) is 71.8 Å². The number of phenols is 1. The fourth-order valence-electron chi connectivity index (χ4n) is 3.69. The van der Waals surface area contributed by atoms with Gasteiger partial charge in [-0.3, -0.25) is 5.41 Å². The zero-order chi connectivity index (χ0) is 27.4. The summed E-state index contributed by atoms with van der Waals surface area (Å²) in [5.74, 6) is -0.494. The lowest BCUT2D eigenvalue weighted by Crippen LogP contribution is -2.21. The summed E-state index contributed by atoms with van der Waals surface area (Å²) in [6.45, 7) is 2.09. The van der Waals surface area contributed by atoms with Crippen molar-refractivity contribution in [2.75, 3.05) is 0 Å². The first kappa shape index (κ1) is 28.2. The van der Waals surface area contributed by atoms with Gasteiger partial charge in [-0.15, -0.1) is 11.3 Å². The van der Waals surface area contributed by atoms with Crippen LogP contribution in [0, 0.1) is 5.41 Å². The molecule has 2 heterocycles. The highest BCUT2D eigenvalue weighted by molar-refractivity contribution is 7.13. The fraction of sp³-hybridized carbons (Fsp3) is 0.308. The van der Waals surface area contributed by atoms with Crippen LogP contribution < -0.4 is 5.73 Å². The third-order valence-corrected chi connectivity index (χ3v) is 6.64. The maximum Gasteiger partial charge on any atom is 0.430 e. The van der Waals surface area contributed by atoms with E-state index in [-0.39, 0.29) is 17.0 Å². The van der Waals surface area contributed by atoms with Crippen molar-refractivity contribution in [1.29, 1.82) is 5.41 Å². The summed E-state index contributed by atoms with van der Waals surface area (Å²) >= 11 is 1.36. The van der Waals surface area contributed by atoms with Gasteiger partial charge in [0.15, 0.2) is 0 Å². The van der Waals surface area contributed by atoms with E-state index in [0.29, 0.717) is 17.7 Å². The van der Waals surface area contributed by atoms with E-state index in [2.05, 4.69) is 11.9 Å². The monoisotopic (exact) mass is 541 g/mol. The van der Waals surface area contributed by atoms with Gasteiger partial charge >= 0.3 is 12.4 Å². The molecule has 0 aliphatic heterocycles. The third kappa shape index (κ3) is 7.12. The molecule has 0 aliphatic rings. The summed E-state index contributed by atoms with van der Waals surface area (Å²) in [6, 6.07) is 7.09. The predicted octanol–water partition coefficient (Wildman–Crippen LogP) is 8.10. The number of nitrogens with zero attached hydrogens (tertiary/aromatic N) is 1. The summed E-state index contributed by atoms with van der Waals surface area (Å²) in [6.07, 6.45) is -4.36. The number of rotatable bonds is 9. The number of phenolic OH excluding ortho intramolecular Hbond substituents is 1. The van der Waals surface area contributed by atoms with Crippen LogP contribution in [0.4, 0.5) is 26.3 Å². The predicted molar refractivity (Wildman–Crippen MR) is 133 cm³/mol. The number of nitrogens with two attached hydrogens (primary N) is 1. The van der Waals surface area contributed by atoms with Gasteiger partial charge in [0, 0.05) is 10.4 Å². The Hall–Kier alpha value is -3.34. The quantitative estimate of drug-likeness (QED) is 0.145. The first-order valence-corrected chi connectivity index (χ1v) is 12.3. The lowest BCUT2D eigenvalue weighted by Gasteiger charge is -2.14. The molecule has 3 rings (SSSR count). The molecule has 0 fully saturated rings. The summed E-state index contributed by atoms with van der Waals surface area (Å²) in [7, 11) is 0. The second-order valence-electron chi connectivity index (χ2n) is 8.45. The molecule has 37 heavy (non-hydrogen) atoms. The Labute approximate surface area is 214 Å². The first-order valence-electron chi connectivity index (χ1n) is 11.4. The van der Waals surface area contributed by atoms with Crippen molar-refractivity contribution in [2.24, 2.45) is 5.73 Å². The number of hydrogen-bond donors (Lipinski definition) is 3. The molecule has 0 saturated carbocycles. The number of aromatic nitrogens is 1. The second kappa shape index (κ2) is 11.4. The van der Waals surface area contributed by atoms with E-state index in [4.69, 9.17) is 11.1 Å². The van der Waals surface area contributed by atoms with E-state index in [1.165, 1.54) is 23.5 Å². The van der Waals surface area contributed by atoms with Crippen molar-refractivity contribution in [3.63, 3.8) is 0 Å². The largest absolute Gasteiger partial charge is 0.507 e. The molecule has 3 aromatic rings. The highest BCUT2D eigenvalue weighted by Gasteiger charge is 2.33. The Morgan fingerprint density at radius 1 is 1.05 bits per heavy atom. The van der Waals surface area contributed by atoms with E-state index in [0.717, 1.165) is 54.7 Å². The number of halogens is 6. The first-order chi connectivity index (χ1) is 17.3. The van der Waals surface area contributed by atoms with Gasteiger partial charge in [0.1, 0.15) is 11.4 Å². The number of unbranched alkanes of at least 4 members (excludes halogenated alkanes) is 3. The Morgan fingerprint density at radius 3 is 2.43 bits per heavy atom. The van der Waals surface area contributed by atoms with Crippen LogP contribution in [0.3, 0.4) is 0 Å². The molecule has 4 N–H and O–H groups in total. The Kier molecular flexibility index (Phi) is 8.68. The van der Waals surface area contributed by atoms with E-state index < -0.39 is 35.1 Å². The molecule has 11 heteroatoms. The zero-order valence-corrected chi connectivity index (χ0v) is 20.6. The maximum absolute atomic E-state index is 13.3. The number of thiophene rings is 1. The van der Waals surface area contributed by atoms with Crippen LogP contribution in [0.25, 0.3) is 21.7 Å². The number of hydrogen-bond acceptors (Lipinski definition) is 5. The summed E-state index contributed by atoms with van der Waals surface area (Å²) in [4.78, 5) is 4.89. The molecule has 0 radical (unpaired) electrons. The van der Waals surface area contributed by atoms with Gasteiger partial charge in [0.2, 0.25) is 0 Å². The normalized spacial score (nSPS) is 12.7. The minimum Gasteiger partial charge on any atom is -0.507 e. The number of allylic oxidation sites excluding steroid dienone is 2. The molecular formula is C26H25F6N3OS. The summed E-state index contributed by atoms with van der Waals surface area (Å²) in [5.41, 5.74) is 2.66. The van der Waals surface area contributed by atoms with Crippen molar-refractivity contribution in [3.8, 4) is 27.4 Å². The number of aryl methyl sites for hydroxylation is 1. The third-order valence-electron chi connectivity index (χ3n) is 5.64. The molecule has 2 aromatic heterocycles. The van der Waals surface area contributed by atoms with Crippen molar-refractivity contribution in [3.05, 3.63) is 70.4 Å². The van der Waals surface area contributed by atoms with Gasteiger partial charge in [-0.2, -0.15) is 26.3 Å². The zero-order valence-electron chi connectivity index (χ0n) is 19.8. The van der Waals surface area contributed by atoms with E-state index in [1.54, 1.807) is 0 Å². The molecule has 198 valence electrons. The number of benzene rings is 1. The molecule has 1 aromatic carbocycles. The average molecular weight is 542 g/mol. The number of aromatic hydroxyl groups is 1. The Balaban J connectivity index is 2.16. The molecular weight excluding hydrogens is 516 g/mol. The van der Waals surface area contributed by atoms with E-state index in [9.17, 15) is 31.4 Å². The molecule has 0 amide bonds. The minimum atomic E-state index is -4.87. The van der Waals surface area contributed by atoms with Crippen molar-refractivity contribution < 1.29 is 31.4 Å². The molecule has 0 atom stereocenters. The average Bonchev–Trinajstić information content (AvgIpc) is 3.29. The molecule has 0 bridgehead atoms. The van der Waals surface area contributed by atoms with Crippen molar-refractivity contribution >= 4 is 17.0 Å². The smallest absolute Gasteiger partial charge is 0.430 e. The number of nitrogens with one attached hydrogen (secondary N) is 1. The van der Waals surface area contributed by atoms with Gasteiger partial charge in [0.25, 0.3) is 0 Å². The maximum atomic E-state index is 13.3. The molecule has 0 unspecified atom stereocenters. The Morgan fingerprint density at radius 2 is 1.78 bits per heavy atom. The lowest BCUT2D eigenvalue weighted by atomic mass is 9.99. The van der Waals surface area contributed by atoms with Crippen molar-refractivity contribution in [2.45, 2.75) is 51.4 Å². The van der Waals surface area contributed by atoms with Crippen LogP contribution in [0.15, 0.2) is 53.6 Å². The minimum absolute atomic E-state index is 0.120. The van der Waals surface area contributed by atoms with E-state index in [1.807, 2.05) is 11.4 Å². The Bertz CT molecular complexity index is 1290. The van der Waals surface area contributed by atoms with Crippen LogP contribution in [0.2, 0.25) is 0 Å². The SMILES string of the molecule is CCCCCCc1ccsc1-c1cc(C(=N)C=C(N)C(F)(F)F)nc(-c2cc(C(F)(F)F)ccc2O)c1. The van der Waals surface area contributed by atoms with Gasteiger partial charge in [-0.1, -0.05) is 26.2 Å². The van der Waals surface area contributed by atoms with Gasteiger partial charge in [0.05, 0.1) is 22.7 Å². The topological polar surface area (TPSA) is 83.0 Å². The summed E-state index contributed by atoms with van der Waals surface area (Å²) in [5, 5.41) is 20.4. The van der Waals surface area contributed by atoms with Gasteiger partial charge < -0.3 is 10.8 Å². The second-order valence-corrected chi connectivity index (χ2v) is 9.37. The fourth-order valence-corrected chi connectivity index (χ4v) is 4.64. The lowest BCUT2D eigenvalue weighted by molar-refractivity contribution is -0.137. The standard InChI is InChI=1S/C26H25F6N3OS/c1-2-3-4-5-6-15-9-10-37-24(15)16-11-20(18-13-17(25(27,28)29)7-8-22(18)36)35-21(12-16)19(33)14-23(34)26(30,31)32/h7-14,33,36H,2-6,34H2,1H3. The molecule has 0 saturated heterocycles. The van der Waals surface area contributed by atoms with Crippen LogP contribution in [-0.4, -0.2) is 22.0 Å². The van der Waals surface area contributed by atoms with Crippen LogP contribution in [0.1, 0.15) is 49.4 Å². The molecule has 0 aliphatic carbocycles. The molecule has 4 nitrogen and oxygen atoms in total. The van der Waals surface area contributed by atoms with E-state index >= 15 is 0 Å². The number of alkyl halides is 6. The number of pyridine rings is 1.